The molecule has 0 unspecified atom stereocenters. The van der Waals surface area contributed by atoms with Crippen LogP contribution in [0.2, 0.25) is 0 Å². The van der Waals surface area contributed by atoms with E-state index < -0.39 is 9.84 Å². The van der Waals surface area contributed by atoms with Gasteiger partial charge in [0, 0.05) is 25.2 Å². The molecular formula is C11H19NO4S. The highest BCUT2D eigenvalue weighted by Crippen LogP contribution is 2.07. The van der Waals surface area contributed by atoms with E-state index in [2.05, 4.69) is 4.74 Å². The molecule has 1 heterocycles. The normalized spacial score (nSPS) is 21.2. The third-order valence-electron chi connectivity index (χ3n) is 2.86. The predicted octanol–water partition coefficient (Wildman–Crippen LogP) is 0.226. The zero-order valence-corrected chi connectivity index (χ0v) is 11.1. The van der Waals surface area contributed by atoms with Crippen molar-refractivity contribution >= 4 is 15.8 Å². The van der Waals surface area contributed by atoms with Gasteiger partial charge in [0.25, 0.3) is 0 Å². The molecule has 0 atom stereocenters. The monoisotopic (exact) mass is 261 g/mol. The van der Waals surface area contributed by atoms with Crippen LogP contribution in [0.25, 0.3) is 0 Å². The van der Waals surface area contributed by atoms with E-state index in [9.17, 15) is 13.2 Å². The maximum Gasteiger partial charge on any atom is 0.333 e. The lowest BCUT2D eigenvalue weighted by Crippen LogP contribution is -2.40. The van der Waals surface area contributed by atoms with Crippen molar-refractivity contribution in [1.29, 1.82) is 0 Å². The molecule has 0 bridgehead atoms. The lowest BCUT2D eigenvalue weighted by atomic mass is 10.2. The van der Waals surface area contributed by atoms with Crippen molar-refractivity contribution < 1.29 is 17.9 Å². The van der Waals surface area contributed by atoms with E-state index in [1.807, 2.05) is 17.9 Å². The first-order valence-corrected chi connectivity index (χ1v) is 7.50. The molecule has 1 aliphatic heterocycles. The Morgan fingerprint density at radius 1 is 1.35 bits per heavy atom. The molecule has 0 aliphatic carbocycles. The van der Waals surface area contributed by atoms with Gasteiger partial charge < -0.3 is 4.74 Å². The zero-order chi connectivity index (χ0) is 12.9. The number of ether oxygens (including phenoxy) is 1. The van der Waals surface area contributed by atoms with E-state index in [0.29, 0.717) is 31.6 Å². The van der Waals surface area contributed by atoms with Gasteiger partial charge in [-0.05, 0) is 6.42 Å². The Bertz CT molecular complexity index is 386. The number of rotatable bonds is 4. The van der Waals surface area contributed by atoms with Gasteiger partial charge in [-0.2, -0.15) is 0 Å². The summed E-state index contributed by atoms with van der Waals surface area (Å²) in [7, 11) is -1.47. The van der Waals surface area contributed by atoms with Crippen LogP contribution >= 0.6 is 0 Å². The Kier molecular flexibility index (Phi) is 5.14. The second-order valence-corrected chi connectivity index (χ2v) is 6.33. The van der Waals surface area contributed by atoms with E-state index >= 15 is 0 Å². The first-order chi connectivity index (χ1) is 7.98. The van der Waals surface area contributed by atoms with Gasteiger partial charge in [-0.15, -0.1) is 0 Å². The summed E-state index contributed by atoms with van der Waals surface area (Å²) in [5.74, 6) is 0.109. The molecule has 0 spiro atoms. The molecule has 1 fully saturated rings. The molecule has 0 radical (unpaired) electrons. The van der Waals surface area contributed by atoms with Crippen LogP contribution in [-0.2, 0) is 19.4 Å². The summed E-state index contributed by atoms with van der Waals surface area (Å²) in [5.41, 5.74) is 0.640. The fourth-order valence-corrected chi connectivity index (χ4v) is 2.95. The minimum atomic E-state index is -2.83. The topological polar surface area (TPSA) is 63.7 Å². The number of hydrogen-bond donors (Lipinski definition) is 0. The van der Waals surface area contributed by atoms with Crippen LogP contribution in [0.4, 0.5) is 0 Å². The highest BCUT2D eigenvalue weighted by molar-refractivity contribution is 7.91. The van der Waals surface area contributed by atoms with Crippen LogP contribution < -0.4 is 0 Å². The predicted molar refractivity (Wildman–Crippen MR) is 65.5 cm³/mol. The molecule has 1 saturated heterocycles. The van der Waals surface area contributed by atoms with E-state index in [0.717, 1.165) is 0 Å². The molecule has 98 valence electrons. The fraction of sp³-hybridized carbons (Fsp3) is 0.727. The van der Waals surface area contributed by atoms with Crippen molar-refractivity contribution in [2.24, 2.45) is 0 Å². The number of esters is 1. The summed E-state index contributed by atoms with van der Waals surface area (Å²) >= 11 is 0. The summed E-state index contributed by atoms with van der Waals surface area (Å²) in [4.78, 5) is 13.3. The second-order valence-electron chi connectivity index (χ2n) is 4.03. The van der Waals surface area contributed by atoms with Gasteiger partial charge >= 0.3 is 5.97 Å². The van der Waals surface area contributed by atoms with Crippen LogP contribution in [-0.4, -0.2) is 57.5 Å². The molecular weight excluding hydrogens is 242 g/mol. The molecule has 0 aromatic rings. The lowest BCUT2D eigenvalue weighted by Gasteiger charge is -2.25. The second kappa shape index (κ2) is 6.16. The van der Waals surface area contributed by atoms with Gasteiger partial charge in [0.15, 0.2) is 9.84 Å². The maximum atomic E-state index is 11.3. The zero-order valence-electron chi connectivity index (χ0n) is 10.3. The standard InChI is InChI=1S/C11H19NO4S/c1-3-10(11(13)16-2)4-5-12-6-8-17(14,15)9-7-12/h4H,3,5-9H2,1-2H3. The van der Waals surface area contributed by atoms with E-state index in [4.69, 9.17) is 0 Å². The molecule has 0 aromatic heterocycles. The molecule has 1 rings (SSSR count). The summed E-state index contributed by atoms with van der Waals surface area (Å²) in [6.07, 6.45) is 2.45. The van der Waals surface area contributed by atoms with Crippen LogP contribution in [0.3, 0.4) is 0 Å². The van der Waals surface area contributed by atoms with Crippen molar-refractivity contribution in [3.63, 3.8) is 0 Å². The van der Waals surface area contributed by atoms with Crippen molar-refractivity contribution in [3.05, 3.63) is 11.6 Å². The van der Waals surface area contributed by atoms with E-state index in [1.54, 1.807) is 0 Å². The van der Waals surface area contributed by atoms with E-state index in [-0.39, 0.29) is 17.5 Å². The molecule has 1 aliphatic rings. The maximum absolute atomic E-state index is 11.3. The first kappa shape index (κ1) is 14.2. The smallest absolute Gasteiger partial charge is 0.333 e. The van der Waals surface area contributed by atoms with Crippen LogP contribution in [0.15, 0.2) is 11.6 Å². The summed E-state index contributed by atoms with van der Waals surface area (Å²) in [5, 5.41) is 0. The van der Waals surface area contributed by atoms with Crippen molar-refractivity contribution in [2.45, 2.75) is 13.3 Å². The highest BCUT2D eigenvalue weighted by atomic mass is 32.2. The number of carbonyl (C=O) groups excluding carboxylic acids is 1. The molecule has 0 N–H and O–H groups in total. The summed E-state index contributed by atoms with van der Waals surface area (Å²) in [6, 6.07) is 0. The molecule has 6 heteroatoms. The van der Waals surface area contributed by atoms with Crippen molar-refractivity contribution in [3.8, 4) is 0 Å². The van der Waals surface area contributed by atoms with Gasteiger partial charge in [0.1, 0.15) is 0 Å². The highest BCUT2D eigenvalue weighted by Gasteiger charge is 2.20. The largest absolute Gasteiger partial charge is 0.466 e. The number of nitrogens with zero attached hydrogens (tertiary/aromatic N) is 1. The Hall–Kier alpha value is -0.880. The Labute approximate surface area is 102 Å². The average molecular weight is 261 g/mol. The Balaban J connectivity index is 2.50. The number of hydrogen-bond acceptors (Lipinski definition) is 5. The van der Waals surface area contributed by atoms with Gasteiger partial charge in [-0.1, -0.05) is 13.0 Å². The quantitative estimate of drug-likeness (QED) is 0.535. The van der Waals surface area contributed by atoms with Crippen molar-refractivity contribution in [2.75, 3.05) is 38.2 Å². The minimum Gasteiger partial charge on any atom is -0.466 e. The molecule has 0 saturated carbocycles. The third kappa shape index (κ3) is 4.47. The van der Waals surface area contributed by atoms with Crippen molar-refractivity contribution in [1.82, 2.24) is 4.90 Å². The van der Waals surface area contributed by atoms with Gasteiger partial charge in [-0.3, -0.25) is 4.90 Å². The lowest BCUT2D eigenvalue weighted by molar-refractivity contribution is -0.136. The first-order valence-electron chi connectivity index (χ1n) is 5.68. The van der Waals surface area contributed by atoms with Gasteiger partial charge in [-0.25, -0.2) is 13.2 Å². The molecule has 0 amide bonds. The molecule has 0 aromatic carbocycles. The van der Waals surface area contributed by atoms with E-state index in [1.165, 1.54) is 7.11 Å². The van der Waals surface area contributed by atoms with Crippen LogP contribution in [0.1, 0.15) is 13.3 Å². The Morgan fingerprint density at radius 2 is 1.94 bits per heavy atom. The van der Waals surface area contributed by atoms with Crippen LogP contribution in [0.5, 0.6) is 0 Å². The summed E-state index contributed by atoms with van der Waals surface area (Å²) in [6.45, 7) is 3.57. The SMILES string of the molecule is CCC(=CCN1CCS(=O)(=O)CC1)C(=O)OC. The van der Waals surface area contributed by atoms with Gasteiger partial charge in [0.2, 0.25) is 0 Å². The third-order valence-corrected chi connectivity index (χ3v) is 4.47. The van der Waals surface area contributed by atoms with Crippen LogP contribution in [0, 0.1) is 0 Å². The number of methoxy groups -OCH3 is 1. The fourth-order valence-electron chi connectivity index (χ4n) is 1.68. The molecule has 17 heavy (non-hydrogen) atoms. The summed E-state index contributed by atoms with van der Waals surface area (Å²) < 4.78 is 27.1. The minimum absolute atomic E-state index is 0.209. The molecule has 5 nitrogen and oxygen atoms in total. The average Bonchev–Trinajstić information content (AvgIpc) is 2.31. The number of carbonyl (C=O) groups is 1. The Morgan fingerprint density at radius 3 is 2.41 bits per heavy atom. The van der Waals surface area contributed by atoms with Gasteiger partial charge in [0.05, 0.1) is 18.6 Å². The number of sulfone groups is 1.